The molecule has 2 rings (SSSR count). The van der Waals surface area contributed by atoms with E-state index in [1.165, 1.54) is 25.4 Å². The SMILES string of the molecule is Cc1ncc(-c2nccc(N)n2)cc1C(F)(F)F. The topological polar surface area (TPSA) is 64.7 Å². The summed E-state index contributed by atoms with van der Waals surface area (Å²) < 4.78 is 38.2. The number of pyridine rings is 1. The Kier molecular flexibility index (Phi) is 2.90. The normalized spacial score (nSPS) is 11.6. The average molecular weight is 254 g/mol. The van der Waals surface area contributed by atoms with E-state index in [2.05, 4.69) is 15.0 Å². The molecular formula is C11H9F3N4. The van der Waals surface area contributed by atoms with Gasteiger partial charge in [-0.3, -0.25) is 4.98 Å². The maximum Gasteiger partial charge on any atom is 0.418 e. The van der Waals surface area contributed by atoms with E-state index in [9.17, 15) is 13.2 Å². The molecule has 0 aliphatic heterocycles. The molecule has 0 spiro atoms. The van der Waals surface area contributed by atoms with Gasteiger partial charge in [0, 0.05) is 23.7 Å². The standard InChI is InChI=1S/C11H9F3N4/c1-6-8(11(12,13)14)4-7(5-17-6)10-16-3-2-9(15)18-10/h2-5H,1H3,(H2,15,16,18). The van der Waals surface area contributed by atoms with Gasteiger partial charge in [0.15, 0.2) is 5.82 Å². The maximum absolute atomic E-state index is 12.7. The average Bonchev–Trinajstić information content (AvgIpc) is 2.28. The van der Waals surface area contributed by atoms with Gasteiger partial charge in [0.05, 0.1) is 5.56 Å². The van der Waals surface area contributed by atoms with Crippen molar-refractivity contribution >= 4 is 5.82 Å². The fourth-order valence-electron chi connectivity index (χ4n) is 1.45. The Morgan fingerprint density at radius 1 is 1.22 bits per heavy atom. The van der Waals surface area contributed by atoms with Gasteiger partial charge in [-0.1, -0.05) is 0 Å². The number of halogens is 3. The predicted octanol–water partition coefficient (Wildman–Crippen LogP) is 2.45. The summed E-state index contributed by atoms with van der Waals surface area (Å²) in [5.74, 6) is 0.308. The van der Waals surface area contributed by atoms with Crippen LogP contribution in [-0.2, 0) is 6.18 Å². The Hall–Kier alpha value is -2.18. The molecule has 0 atom stereocenters. The number of nitrogens with zero attached hydrogens (tertiary/aromatic N) is 3. The van der Waals surface area contributed by atoms with E-state index in [1.54, 1.807) is 0 Å². The zero-order valence-electron chi connectivity index (χ0n) is 9.36. The van der Waals surface area contributed by atoms with Crippen molar-refractivity contribution in [2.24, 2.45) is 0 Å². The van der Waals surface area contributed by atoms with E-state index in [-0.39, 0.29) is 22.9 Å². The number of hydrogen-bond acceptors (Lipinski definition) is 4. The molecule has 7 heteroatoms. The molecule has 0 amide bonds. The zero-order valence-corrected chi connectivity index (χ0v) is 9.36. The molecule has 0 saturated carbocycles. The molecule has 0 fully saturated rings. The Bertz CT molecular complexity index is 581. The monoisotopic (exact) mass is 254 g/mol. The number of rotatable bonds is 1. The molecule has 2 aromatic heterocycles. The summed E-state index contributed by atoms with van der Waals surface area (Å²) in [6, 6.07) is 2.42. The predicted molar refractivity (Wildman–Crippen MR) is 59.4 cm³/mol. The van der Waals surface area contributed by atoms with Crippen molar-refractivity contribution in [1.82, 2.24) is 15.0 Å². The lowest BCUT2D eigenvalue weighted by molar-refractivity contribution is -0.138. The van der Waals surface area contributed by atoms with Crippen LogP contribution >= 0.6 is 0 Å². The molecule has 2 aromatic rings. The number of aryl methyl sites for hydroxylation is 1. The minimum Gasteiger partial charge on any atom is -0.384 e. The van der Waals surface area contributed by atoms with Crippen molar-refractivity contribution in [3.63, 3.8) is 0 Å². The highest BCUT2D eigenvalue weighted by Crippen LogP contribution is 2.32. The molecule has 0 saturated heterocycles. The Morgan fingerprint density at radius 2 is 1.94 bits per heavy atom. The van der Waals surface area contributed by atoms with Gasteiger partial charge in [-0.25, -0.2) is 9.97 Å². The fourth-order valence-corrected chi connectivity index (χ4v) is 1.45. The lowest BCUT2D eigenvalue weighted by Crippen LogP contribution is -2.09. The highest BCUT2D eigenvalue weighted by atomic mass is 19.4. The van der Waals surface area contributed by atoms with Crippen LogP contribution in [0.1, 0.15) is 11.3 Å². The number of aromatic nitrogens is 3. The van der Waals surface area contributed by atoms with Crippen LogP contribution in [0.3, 0.4) is 0 Å². The molecule has 18 heavy (non-hydrogen) atoms. The number of alkyl halides is 3. The number of nitrogens with two attached hydrogens (primary N) is 1. The third-order valence-electron chi connectivity index (χ3n) is 2.33. The van der Waals surface area contributed by atoms with Gasteiger partial charge in [0.1, 0.15) is 5.82 Å². The van der Waals surface area contributed by atoms with Crippen LogP contribution < -0.4 is 5.73 Å². The molecule has 0 bridgehead atoms. The summed E-state index contributed by atoms with van der Waals surface area (Å²) in [6.45, 7) is 1.30. The van der Waals surface area contributed by atoms with Crippen molar-refractivity contribution in [1.29, 1.82) is 0 Å². The van der Waals surface area contributed by atoms with E-state index in [1.807, 2.05) is 0 Å². The van der Waals surface area contributed by atoms with Crippen LogP contribution in [0.4, 0.5) is 19.0 Å². The lowest BCUT2D eigenvalue weighted by Gasteiger charge is -2.10. The van der Waals surface area contributed by atoms with Crippen molar-refractivity contribution in [3.8, 4) is 11.4 Å². The Morgan fingerprint density at radius 3 is 2.56 bits per heavy atom. The van der Waals surface area contributed by atoms with Gasteiger partial charge in [-0.05, 0) is 19.1 Å². The second kappa shape index (κ2) is 4.25. The molecule has 0 unspecified atom stereocenters. The second-order valence-electron chi connectivity index (χ2n) is 3.66. The molecule has 0 aliphatic carbocycles. The quantitative estimate of drug-likeness (QED) is 0.848. The molecule has 0 aliphatic rings. The number of nitrogen functional groups attached to an aromatic ring is 1. The van der Waals surface area contributed by atoms with E-state index in [0.717, 1.165) is 6.07 Å². The first kappa shape index (κ1) is 12.3. The summed E-state index contributed by atoms with van der Waals surface area (Å²) in [7, 11) is 0. The van der Waals surface area contributed by atoms with Crippen LogP contribution in [0.5, 0.6) is 0 Å². The van der Waals surface area contributed by atoms with Crippen LogP contribution in [0.25, 0.3) is 11.4 Å². The molecule has 0 radical (unpaired) electrons. The first-order chi connectivity index (χ1) is 8.38. The van der Waals surface area contributed by atoms with Crippen LogP contribution in [0, 0.1) is 6.92 Å². The molecule has 0 aromatic carbocycles. The minimum absolute atomic E-state index is 0.0878. The van der Waals surface area contributed by atoms with Gasteiger partial charge in [-0.15, -0.1) is 0 Å². The highest BCUT2D eigenvalue weighted by molar-refractivity contribution is 5.57. The molecule has 2 N–H and O–H groups in total. The van der Waals surface area contributed by atoms with Gasteiger partial charge in [0.2, 0.25) is 0 Å². The second-order valence-corrected chi connectivity index (χ2v) is 3.66. The van der Waals surface area contributed by atoms with Crippen molar-refractivity contribution in [3.05, 3.63) is 35.8 Å². The summed E-state index contributed by atoms with van der Waals surface area (Å²) in [6.07, 6.45) is -1.78. The summed E-state index contributed by atoms with van der Waals surface area (Å²) >= 11 is 0. The van der Waals surface area contributed by atoms with Crippen molar-refractivity contribution in [2.75, 3.05) is 5.73 Å². The number of anilines is 1. The minimum atomic E-state index is -4.45. The zero-order chi connectivity index (χ0) is 13.3. The summed E-state index contributed by atoms with van der Waals surface area (Å²) in [5, 5.41) is 0. The van der Waals surface area contributed by atoms with Crippen LogP contribution in [0.2, 0.25) is 0 Å². The molecular weight excluding hydrogens is 245 g/mol. The first-order valence-corrected chi connectivity index (χ1v) is 5.00. The lowest BCUT2D eigenvalue weighted by atomic mass is 10.1. The van der Waals surface area contributed by atoms with Crippen LogP contribution in [0.15, 0.2) is 24.5 Å². The van der Waals surface area contributed by atoms with Gasteiger partial charge in [0.25, 0.3) is 0 Å². The third kappa shape index (κ3) is 2.39. The molecule has 4 nitrogen and oxygen atoms in total. The van der Waals surface area contributed by atoms with E-state index >= 15 is 0 Å². The largest absolute Gasteiger partial charge is 0.418 e. The maximum atomic E-state index is 12.7. The Labute approximate surface area is 101 Å². The van der Waals surface area contributed by atoms with Crippen molar-refractivity contribution < 1.29 is 13.2 Å². The molecule has 94 valence electrons. The Balaban J connectivity index is 2.54. The fraction of sp³-hybridized carbons (Fsp3) is 0.182. The van der Waals surface area contributed by atoms with Gasteiger partial charge >= 0.3 is 6.18 Å². The third-order valence-corrected chi connectivity index (χ3v) is 2.33. The van der Waals surface area contributed by atoms with Crippen molar-refractivity contribution in [2.45, 2.75) is 13.1 Å². The first-order valence-electron chi connectivity index (χ1n) is 5.00. The number of hydrogen-bond donors (Lipinski definition) is 1. The van der Waals surface area contributed by atoms with E-state index in [0.29, 0.717) is 0 Å². The molecule has 2 heterocycles. The summed E-state index contributed by atoms with van der Waals surface area (Å²) in [5.41, 5.74) is 4.75. The van der Waals surface area contributed by atoms with E-state index < -0.39 is 11.7 Å². The highest BCUT2D eigenvalue weighted by Gasteiger charge is 2.33. The van der Waals surface area contributed by atoms with Gasteiger partial charge < -0.3 is 5.73 Å². The van der Waals surface area contributed by atoms with E-state index in [4.69, 9.17) is 5.73 Å². The smallest absolute Gasteiger partial charge is 0.384 e. The van der Waals surface area contributed by atoms with Crippen LogP contribution in [-0.4, -0.2) is 15.0 Å². The van der Waals surface area contributed by atoms with Gasteiger partial charge in [-0.2, -0.15) is 13.2 Å². The summed E-state index contributed by atoms with van der Waals surface area (Å²) in [4.78, 5) is 11.4.